The summed E-state index contributed by atoms with van der Waals surface area (Å²) in [5, 5.41) is 0. The highest BCUT2D eigenvalue weighted by Crippen LogP contribution is 2.17. The number of benzene rings is 1. The quantitative estimate of drug-likeness (QED) is 0.924. The molecule has 1 heterocycles. The molecule has 3 nitrogen and oxygen atoms in total. The number of rotatable bonds is 4. The van der Waals surface area contributed by atoms with Crippen LogP contribution in [0.25, 0.3) is 0 Å². The zero-order valence-corrected chi connectivity index (χ0v) is 12.7. The first kappa shape index (κ1) is 16.3. The van der Waals surface area contributed by atoms with Crippen molar-refractivity contribution in [3.63, 3.8) is 0 Å². The summed E-state index contributed by atoms with van der Waals surface area (Å²) in [5.74, 6) is 0.953. The standard InChI is InChI=1S/C15H24N2O.ClH/c1-12(2)18-15-5-3-13(4-6-15)11-17-9-7-14(16)8-10-17;/h3-6,12,14H,7-11,16H2,1-2H3;1H. The molecule has 0 bridgehead atoms. The maximum Gasteiger partial charge on any atom is 0.119 e. The van der Waals surface area contributed by atoms with Crippen molar-refractivity contribution >= 4 is 12.4 Å². The van der Waals surface area contributed by atoms with Crippen LogP contribution < -0.4 is 10.5 Å². The number of nitrogens with two attached hydrogens (primary N) is 1. The summed E-state index contributed by atoms with van der Waals surface area (Å²) in [6.45, 7) is 7.35. The number of nitrogens with zero attached hydrogens (tertiary/aromatic N) is 1. The first-order chi connectivity index (χ1) is 8.63. The van der Waals surface area contributed by atoms with Crippen molar-refractivity contribution in [1.82, 2.24) is 4.90 Å². The Morgan fingerprint density at radius 3 is 2.32 bits per heavy atom. The SMILES string of the molecule is CC(C)Oc1ccc(CN2CCC(N)CC2)cc1.Cl. The number of likely N-dealkylation sites (tertiary alicyclic amines) is 1. The van der Waals surface area contributed by atoms with Crippen molar-refractivity contribution in [3.05, 3.63) is 29.8 Å². The lowest BCUT2D eigenvalue weighted by Gasteiger charge is -2.30. The van der Waals surface area contributed by atoms with Gasteiger partial charge in [0, 0.05) is 12.6 Å². The lowest BCUT2D eigenvalue weighted by molar-refractivity contribution is 0.205. The maximum atomic E-state index is 5.91. The number of piperidine rings is 1. The van der Waals surface area contributed by atoms with E-state index in [4.69, 9.17) is 10.5 Å². The van der Waals surface area contributed by atoms with Gasteiger partial charge in [0.15, 0.2) is 0 Å². The van der Waals surface area contributed by atoms with E-state index in [9.17, 15) is 0 Å². The molecule has 1 fully saturated rings. The molecule has 1 aromatic carbocycles. The molecule has 0 amide bonds. The van der Waals surface area contributed by atoms with Crippen LogP contribution >= 0.6 is 12.4 Å². The number of hydrogen-bond acceptors (Lipinski definition) is 3. The molecule has 0 unspecified atom stereocenters. The molecular weight excluding hydrogens is 260 g/mol. The van der Waals surface area contributed by atoms with Gasteiger partial charge in [0.05, 0.1) is 6.10 Å². The van der Waals surface area contributed by atoms with Gasteiger partial charge in [-0.1, -0.05) is 12.1 Å². The molecule has 0 spiro atoms. The minimum absolute atomic E-state index is 0. The fourth-order valence-electron chi connectivity index (χ4n) is 2.31. The van der Waals surface area contributed by atoms with Crippen LogP contribution in [0.1, 0.15) is 32.3 Å². The second kappa shape index (κ2) is 7.73. The lowest BCUT2D eigenvalue weighted by atomic mass is 10.1. The van der Waals surface area contributed by atoms with E-state index < -0.39 is 0 Å². The van der Waals surface area contributed by atoms with Crippen LogP contribution in [0.2, 0.25) is 0 Å². The summed E-state index contributed by atoms with van der Waals surface area (Å²) in [6, 6.07) is 8.84. The van der Waals surface area contributed by atoms with Crippen LogP contribution in [-0.4, -0.2) is 30.1 Å². The van der Waals surface area contributed by atoms with E-state index in [1.54, 1.807) is 0 Å². The summed E-state index contributed by atoms with van der Waals surface area (Å²) < 4.78 is 5.64. The molecule has 0 atom stereocenters. The highest BCUT2D eigenvalue weighted by atomic mass is 35.5. The first-order valence-corrected chi connectivity index (χ1v) is 6.87. The van der Waals surface area contributed by atoms with Gasteiger partial charge >= 0.3 is 0 Å². The fourth-order valence-corrected chi connectivity index (χ4v) is 2.31. The van der Waals surface area contributed by atoms with Gasteiger partial charge in [0.25, 0.3) is 0 Å². The smallest absolute Gasteiger partial charge is 0.119 e. The summed E-state index contributed by atoms with van der Waals surface area (Å²) in [5.41, 5.74) is 7.26. The summed E-state index contributed by atoms with van der Waals surface area (Å²) in [6.07, 6.45) is 2.47. The van der Waals surface area contributed by atoms with Crippen LogP contribution in [0.15, 0.2) is 24.3 Å². The minimum Gasteiger partial charge on any atom is -0.491 e. The fraction of sp³-hybridized carbons (Fsp3) is 0.600. The molecule has 1 saturated heterocycles. The molecule has 1 aliphatic heterocycles. The number of hydrogen-bond donors (Lipinski definition) is 1. The second-order valence-electron chi connectivity index (χ2n) is 5.42. The molecule has 2 rings (SSSR count). The zero-order chi connectivity index (χ0) is 13.0. The molecule has 1 aliphatic rings. The molecule has 4 heteroatoms. The number of ether oxygens (including phenoxy) is 1. The molecule has 2 N–H and O–H groups in total. The Balaban J connectivity index is 0.00000180. The Morgan fingerprint density at radius 2 is 1.79 bits per heavy atom. The van der Waals surface area contributed by atoms with Crippen molar-refractivity contribution in [2.75, 3.05) is 13.1 Å². The van der Waals surface area contributed by atoms with Gasteiger partial charge in [-0.2, -0.15) is 0 Å². The molecule has 108 valence electrons. The predicted molar refractivity (Wildman–Crippen MR) is 81.9 cm³/mol. The predicted octanol–water partition coefficient (Wildman–Crippen LogP) is 2.82. The third-order valence-corrected chi connectivity index (χ3v) is 3.33. The van der Waals surface area contributed by atoms with Gasteiger partial charge in [0.1, 0.15) is 5.75 Å². The van der Waals surface area contributed by atoms with Crippen LogP contribution in [0.3, 0.4) is 0 Å². The summed E-state index contributed by atoms with van der Waals surface area (Å²) in [4.78, 5) is 2.47. The number of halogens is 1. The van der Waals surface area contributed by atoms with Crippen LogP contribution in [0, 0.1) is 0 Å². The molecule has 19 heavy (non-hydrogen) atoms. The third kappa shape index (κ3) is 5.39. The molecule has 0 saturated carbocycles. The van der Waals surface area contributed by atoms with E-state index in [0.717, 1.165) is 38.2 Å². The first-order valence-electron chi connectivity index (χ1n) is 6.87. The topological polar surface area (TPSA) is 38.5 Å². The van der Waals surface area contributed by atoms with Crippen molar-refractivity contribution in [3.8, 4) is 5.75 Å². The van der Waals surface area contributed by atoms with E-state index in [1.165, 1.54) is 5.56 Å². The largest absolute Gasteiger partial charge is 0.491 e. The van der Waals surface area contributed by atoms with Crippen molar-refractivity contribution in [2.45, 2.75) is 45.4 Å². The minimum atomic E-state index is 0. The Kier molecular flexibility index (Phi) is 6.63. The Bertz CT molecular complexity index is 359. The van der Waals surface area contributed by atoms with Crippen LogP contribution in [0.4, 0.5) is 0 Å². The lowest BCUT2D eigenvalue weighted by Crippen LogP contribution is -2.39. The maximum absolute atomic E-state index is 5.91. The average molecular weight is 285 g/mol. The highest BCUT2D eigenvalue weighted by molar-refractivity contribution is 5.85. The van der Waals surface area contributed by atoms with E-state index in [2.05, 4.69) is 29.2 Å². The Morgan fingerprint density at radius 1 is 1.21 bits per heavy atom. The van der Waals surface area contributed by atoms with Gasteiger partial charge < -0.3 is 10.5 Å². The molecule has 0 radical (unpaired) electrons. The molecule has 0 aromatic heterocycles. The van der Waals surface area contributed by atoms with Gasteiger partial charge in [-0.3, -0.25) is 4.90 Å². The van der Waals surface area contributed by atoms with E-state index in [1.807, 2.05) is 13.8 Å². The average Bonchev–Trinajstić information content (AvgIpc) is 2.34. The van der Waals surface area contributed by atoms with Gasteiger partial charge in [-0.25, -0.2) is 0 Å². The monoisotopic (exact) mass is 284 g/mol. The van der Waals surface area contributed by atoms with E-state index >= 15 is 0 Å². The highest BCUT2D eigenvalue weighted by Gasteiger charge is 2.15. The van der Waals surface area contributed by atoms with Gasteiger partial charge in [-0.05, 0) is 57.5 Å². The summed E-state index contributed by atoms with van der Waals surface area (Å²) in [7, 11) is 0. The van der Waals surface area contributed by atoms with Crippen LogP contribution in [0.5, 0.6) is 5.75 Å². The van der Waals surface area contributed by atoms with E-state index in [-0.39, 0.29) is 18.5 Å². The second-order valence-corrected chi connectivity index (χ2v) is 5.42. The van der Waals surface area contributed by atoms with Crippen LogP contribution in [-0.2, 0) is 6.54 Å². The van der Waals surface area contributed by atoms with Crippen molar-refractivity contribution < 1.29 is 4.74 Å². The Hall–Kier alpha value is -0.770. The Labute approximate surface area is 122 Å². The van der Waals surface area contributed by atoms with Gasteiger partial charge in [0.2, 0.25) is 0 Å². The molecule has 0 aliphatic carbocycles. The van der Waals surface area contributed by atoms with Crippen molar-refractivity contribution in [2.24, 2.45) is 5.73 Å². The van der Waals surface area contributed by atoms with E-state index in [0.29, 0.717) is 6.04 Å². The van der Waals surface area contributed by atoms with Gasteiger partial charge in [-0.15, -0.1) is 12.4 Å². The molecular formula is C15H25ClN2O. The zero-order valence-electron chi connectivity index (χ0n) is 11.8. The normalized spacial score (nSPS) is 17.3. The molecule has 1 aromatic rings. The van der Waals surface area contributed by atoms with Crippen molar-refractivity contribution in [1.29, 1.82) is 0 Å². The summed E-state index contributed by atoms with van der Waals surface area (Å²) >= 11 is 0. The third-order valence-electron chi connectivity index (χ3n) is 3.33.